The van der Waals surface area contributed by atoms with Crippen LogP contribution >= 0.6 is 0 Å². The van der Waals surface area contributed by atoms with Gasteiger partial charge in [0.25, 0.3) is 5.69 Å². The van der Waals surface area contributed by atoms with Crippen molar-refractivity contribution in [2.45, 2.75) is 26.4 Å². The second kappa shape index (κ2) is 7.93. The molecule has 28 heavy (non-hydrogen) atoms. The predicted molar refractivity (Wildman–Crippen MR) is 108 cm³/mol. The van der Waals surface area contributed by atoms with Gasteiger partial charge >= 0.3 is 0 Å². The van der Waals surface area contributed by atoms with E-state index in [0.717, 1.165) is 62.4 Å². The summed E-state index contributed by atoms with van der Waals surface area (Å²) >= 11 is 0. The Morgan fingerprint density at radius 2 is 2.04 bits per heavy atom. The van der Waals surface area contributed by atoms with Crippen LogP contribution < -0.4 is 4.90 Å². The number of nitrogens with zero attached hydrogens (tertiary/aromatic N) is 6. The van der Waals surface area contributed by atoms with E-state index in [9.17, 15) is 10.1 Å². The lowest BCUT2D eigenvalue weighted by molar-refractivity contribution is -0.384. The molecule has 3 aromatic rings. The minimum Gasteiger partial charge on any atom is -0.355 e. The highest BCUT2D eigenvalue weighted by atomic mass is 16.6. The molecule has 0 bridgehead atoms. The van der Waals surface area contributed by atoms with Gasteiger partial charge in [-0.05, 0) is 31.5 Å². The number of nitro benzene ring substituents is 1. The lowest BCUT2D eigenvalue weighted by Gasteiger charge is -2.22. The molecule has 1 aromatic carbocycles. The predicted octanol–water partition coefficient (Wildman–Crippen LogP) is 3.07. The third-order valence-electron chi connectivity index (χ3n) is 5.20. The number of rotatable bonds is 5. The number of hydrogen-bond acceptors (Lipinski definition) is 6. The maximum absolute atomic E-state index is 10.9. The van der Waals surface area contributed by atoms with Crippen LogP contribution in [0.4, 0.5) is 11.5 Å². The van der Waals surface area contributed by atoms with E-state index >= 15 is 0 Å². The highest BCUT2D eigenvalue weighted by Crippen LogP contribution is 2.23. The summed E-state index contributed by atoms with van der Waals surface area (Å²) in [6, 6.07) is 8.71. The van der Waals surface area contributed by atoms with E-state index in [2.05, 4.69) is 28.0 Å². The summed E-state index contributed by atoms with van der Waals surface area (Å²) < 4.78 is 1.96. The Bertz CT molecular complexity index is 986. The maximum atomic E-state index is 10.9. The summed E-state index contributed by atoms with van der Waals surface area (Å²) in [5.74, 6) is 0.932. The molecule has 3 heterocycles. The minimum atomic E-state index is -0.374. The zero-order valence-electron chi connectivity index (χ0n) is 16.0. The molecule has 1 saturated heterocycles. The molecule has 0 saturated carbocycles. The molecule has 0 radical (unpaired) electrons. The van der Waals surface area contributed by atoms with Gasteiger partial charge in [-0.25, -0.2) is 4.98 Å². The Kier molecular flexibility index (Phi) is 5.21. The van der Waals surface area contributed by atoms with Gasteiger partial charge in [0.1, 0.15) is 5.82 Å². The smallest absolute Gasteiger partial charge is 0.270 e. The molecule has 8 heteroatoms. The topological polar surface area (TPSA) is 80.3 Å². The first-order chi connectivity index (χ1) is 13.6. The number of anilines is 1. The van der Waals surface area contributed by atoms with Gasteiger partial charge in [-0.15, -0.1) is 0 Å². The van der Waals surface area contributed by atoms with Crippen LogP contribution in [-0.4, -0.2) is 50.8 Å². The van der Waals surface area contributed by atoms with Gasteiger partial charge in [0.2, 0.25) is 0 Å². The summed E-state index contributed by atoms with van der Waals surface area (Å²) in [7, 11) is 0. The molecule has 0 aliphatic carbocycles. The molecular weight excluding hydrogens is 356 g/mol. The zero-order valence-corrected chi connectivity index (χ0v) is 16.0. The third kappa shape index (κ3) is 3.96. The van der Waals surface area contributed by atoms with Gasteiger partial charge in [0.15, 0.2) is 0 Å². The summed E-state index contributed by atoms with van der Waals surface area (Å²) in [5.41, 5.74) is 2.13. The van der Waals surface area contributed by atoms with Crippen LogP contribution in [0.5, 0.6) is 0 Å². The number of hydrogen-bond donors (Lipinski definition) is 0. The lowest BCUT2D eigenvalue weighted by Crippen LogP contribution is -2.30. The minimum absolute atomic E-state index is 0.0962. The van der Waals surface area contributed by atoms with Gasteiger partial charge in [0, 0.05) is 68.5 Å². The van der Waals surface area contributed by atoms with E-state index in [0.29, 0.717) is 0 Å². The Morgan fingerprint density at radius 3 is 2.82 bits per heavy atom. The van der Waals surface area contributed by atoms with E-state index < -0.39 is 0 Å². The van der Waals surface area contributed by atoms with Crippen LogP contribution in [0.2, 0.25) is 0 Å². The van der Waals surface area contributed by atoms with Crippen LogP contribution in [-0.2, 0) is 13.1 Å². The van der Waals surface area contributed by atoms with E-state index in [1.165, 1.54) is 11.6 Å². The number of fused-ring (bicyclic) bond motifs is 1. The van der Waals surface area contributed by atoms with Crippen molar-refractivity contribution in [1.29, 1.82) is 0 Å². The first kappa shape index (κ1) is 18.4. The number of benzene rings is 1. The first-order valence-corrected chi connectivity index (χ1v) is 9.66. The normalized spacial score (nSPS) is 15.7. The zero-order chi connectivity index (χ0) is 19.5. The average molecular weight is 380 g/mol. The molecule has 146 valence electrons. The van der Waals surface area contributed by atoms with Gasteiger partial charge in [-0.1, -0.05) is 0 Å². The largest absolute Gasteiger partial charge is 0.355 e. The second-order valence-electron chi connectivity index (χ2n) is 7.12. The Labute approximate surface area is 163 Å². The van der Waals surface area contributed by atoms with Crippen molar-refractivity contribution >= 4 is 22.4 Å². The van der Waals surface area contributed by atoms with Crippen molar-refractivity contribution in [3.8, 4) is 0 Å². The Morgan fingerprint density at radius 1 is 1.14 bits per heavy atom. The fraction of sp³-hybridized carbons (Fsp3) is 0.400. The highest BCUT2D eigenvalue weighted by molar-refractivity contribution is 5.82. The van der Waals surface area contributed by atoms with Crippen LogP contribution in [0.25, 0.3) is 10.9 Å². The van der Waals surface area contributed by atoms with Crippen LogP contribution in [0.1, 0.15) is 18.9 Å². The molecule has 1 fully saturated rings. The third-order valence-corrected chi connectivity index (χ3v) is 5.20. The monoisotopic (exact) mass is 380 g/mol. The summed E-state index contributed by atoms with van der Waals surface area (Å²) in [4.78, 5) is 20.1. The molecule has 1 aliphatic rings. The van der Waals surface area contributed by atoms with E-state index in [1.807, 2.05) is 23.0 Å². The van der Waals surface area contributed by atoms with Gasteiger partial charge in [-0.2, -0.15) is 5.10 Å². The summed E-state index contributed by atoms with van der Waals surface area (Å²) in [6.07, 6.45) is 5.14. The van der Waals surface area contributed by atoms with Crippen molar-refractivity contribution in [1.82, 2.24) is 19.7 Å². The molecule has 8 nitrogen and oxygen atoms in total. The standard InChI is InChI=1S/C20H24N6O2/c1-2-25-15-16(13-21-25)14-23-8-3-9-24(11-10-23)20-7-4-17-12-18(26(27)28)5-6-19(17)22-20/h4-7,12-13,15H,2-3,8-11,14H2,1H3. The molecule has 0 atom stereocenters. The Hall–Kier alpha value is -3.00. The number of pyridine rings is 1. The first-order valence-electron chi connectivity index (χ1n) is 9.66. The molecule has 0 unspecified atom stereocenters. The quantitative estimate of drug-likeness (QED) is 0.500. The lowest BCUT2D eigenvalue weighted by atomic mass is 10.2. The molecule has 4 rings (SSSR count). The molecular formula is C20H24N6O2. The SMILES string of the molecule is CCn1cc(CN2CCCN(c3ccc4cc([N+](=O)[O-])ccc4n3)CC2)cn1. The van der Waals surface area contributed by atoms with Crippen molar-refractivity contribution in [3.63, 3.8) is 0 Å². The van der Waals surface area contributed by atoms with E-state index in [-0.39, 0.29) is 10.6 Å². The molecule has 2 aromatic heterocycles. The summed E-state index contributed by atoms with van der Waals surface area (Å²) in [6.45, 7) is 7.79. The van der Waals surface area contributed by atoms with Crippen molar-refractivity contribution in [2.75, 3.05) is 31.1 Å². The van der Waals surface area contributed by atoms with Crippen LogP contribution in [0.15, 0.2) is 42.7 Å². The number of non-ortho nitro benzene ring substituents is 1. The highest BCUT2D eigenvalue weighted by Gasteiger charge is 2.17. The molecule has 1 aliphatic heterocycles. The molecule has 0 amide bonds. The molecule has 0 N–H and O–H groups in total. The van der Waals surface area contributed by atoms with Crippen molar-refractivity contribution < 1.29 is 4.92 Å². The fourth-order valence-electron chi connectivity index (χ4n) is 3.67. The number of aromatic nitrogens is 3. The summed E-state index contributed by atoms with van der Waals surface area (Å²) in [5, 5.41) is 16.1. The van der Waals surface area contributed by atoms with Crippen LogP contribution in [0, 0.1) is 10.1 Å². The van der Waals surface area contributed by atoms with Crippen molar-refractivity contribution in [3.05, 3.63) is 58.4 Å². The van der Waals surface area contributed by atoms with Gasteiger partial charge in [0.05, 0.1) is 16.6 Å². The number of nitro groups is 1. The number of aryl methyl sites for hydroxylation is 1. The molecule has 0 spiro atoms. The fourth-order valence-corrected chi connectivity index (χ4v) is 3.67. The van der Waals surface area contributed by atoms with E-state index in [4.69, 9.17) is 4.98 Å². The second-order valence-corrected chi connectivity index (χ2v) is 7.12. The average Bonchev–Trinajstić information content (AvgIpc) is 3.04. The van der Waals surface area contributed by atoms with Crippen molar-refractivity contribution in [2.24, 2.45) is 0 Å². The van der Waals surface area contributed by atoms with Crippen LogP contribution in [0.3, 0.4) is 0 Å². The Balaban J connectivity index is 1.44. The maximum Gasteiger partial charge on any atom is 0.270 e. The van der Waals surface area contributed by atoms with Gasteiger partial charge in [-0.3, -0.25) is 19.7 Å². The van der Waals surface area contributed by atoms with E-state index in [1.54, 1.807) is 12.1 Å². The van der Waals surface area contributed by atoms with Gasteiger partial charge < -0.3 is 4.90 Å².